The quantitative estimate of drug-likeness (QED) is 0.179. The molecule has 0 unspecified atom stereocenters. The van der Waals surface area contributed by atoms with Crippen molar-refractivity contribution in [1.82, 2.24) is 28.7 Å². The largest absolute Gasteiger partial charge is 0.278 e. The van der Waals surface area contributed by atoms with Crippen LogP contribution in [0.15, 0.2) is 121 Å². The fraction of sp³-hybridized carbons (Fsp3) is 0.291. The van der Waals surface area contributed by atoms with Gasteiger partial charge in [-0.3, -0.25) is 13.7 Å². The first-order valence-corrected chi connectivity index (χ1v) is 21.7. The van der Waals surface area contributed by atoms with Gasteiger partial charge in [0.05, 0.1) is 33.1 Å². The van der Waals surface area contributed by atoms with Crippen LogP contribution in [0.4, 0.5) is 0 Å². The van der Waals surface area contributed by atoms with Crippen LogP contribution in [0.2, 0.25) is 0 Å². The molecule has 0 saturated carbocycles. The Labute approximate surface area is 358 Å². The van der Waals surface area contributed by atoms with E-state index < -0.39 is 0 Å². The molecule has 306 valence electrons. The number of hydrogen-bond donors (Lipinski definition) is 0. The van der Waals surface area contributed by atoms with E-state index in [0.717, 1.165) is 43.9 Å². The van der Waals surface area contributed by atoms with Crippen molar-refractivity contribution in [2.75, 3.05) is 0 Å². The maximum Gasteiger partial charge on any atom is 0.241 e. The van der Waals surface area contributed by atoms with Gasteiger partial charge in [0.2, 0.25) is 17.8 Å². The highest BCUT2D eigenvalue weighted by Crippen LogP contribution is 2.44. The van der Waals surface area contributed by atoms with Crippen molar-refractivity contribution in [3.63, 3.8) is 0 Å². The van der Waals surface area contributed by atoms with Crippen LogP contribution in [0.25, 0.3) is 83.3 Å². The van der Waals surface area contributed by atoms with Gasteiger partial charge >= 0.3 is 0 Å². The van der Waals surface area contributed by atoms with Gasteiger partial charge in [-0.25, -0.2) is 0 Å². The van der Waals surface area contributed by atoms with E-state index in [0.29, 0.717) is 17.8 Å². The smallest absolute Gasteiger partial charge is 0.241 e. The Balaban J connectivity index is 1.42. The van der Waals surface area contributed by atoms with Crippen LogP contribution in [-0.4, -0.2) is 28.7 Å². The van der Waals surface area contributed by atoms with Crippen LogP contribution < -0.4 is 0 Å². The van der Waals surface area contributed by atoms with E-state index in [4.69, 9.17) is 15.0 Å². The second kappa shape index (κ2) is 13.1. The van der Waals surface area contributed by atoms with E-state index >= 15 is 0 Å². The summed E-state index contributed by atoms with van der Waals surface area (Å²) in [5.74, 6) is 1.73. The van der Waals surface area contributed by atoms with E-state index in [9.17, 15) is 0 Å². The predicted octanol–water partition coefficient (Wildman–Crippen LogP) is 14.4. The van der Waals surface area contributed by atoms with Crippen molar-refractivity contribution in [3.05, 3.63) is 144 Å². The summed E-state index contributed by atoms with van der Waals surface area (Å²) < 4.78 is 6.86. The minimum atomic E-state index is -0.184. The normalized spacial score (nSPS) is 13.2. The Morgan fingerprint density at radius 1 is 0.311 bits per heavy atom. The number of nitrogens with zero attached hydrogens (tertiary/aromatic N) is 6. The molecule has 0 fully saturated rings. The molecule has 61 heavy (non-hydrogen) atoms. The zero-order chi connectivity index (χ0) is 43.0. The predicted molar refractivity (Wildman–Crippen MR) is 258 cm³/mol. The molecule has 4 heterocycles. The lowest BCUT2D eigenvalue weighted by Crippen LogP contribution is -2.19. The van der Waals surface area contributed by atoms with Crippen molar-refractivity contribution in [2.24, 2.45) is 0 Å². The molecule has 0 spiro atoms. The fourth-order valence-electron chi connectivity index (χ4n) is 9.40. The summed E-state index contributed by atoms with van der Waals surface area (Å²) in [4.78, 5) is 16.9. The topological polar surface area (TPSA) is 53.5 Å². The summed E-state index contributed by atoms with van der Waals surface area (Å²) in [5.41, 5.74) is 11.1. The molecule has 0 atom stereocenters. The third-order valence-electron chi connectivity index (χ3n) is 12.7. The van der Waals surface area contributed by atoms with Gasteiger partial charge in [-0.2, -0.15) is 15.0 Å². The molecule has 0 N–H and O–H groups in total. The molecule has 6 nitrogen and oxygen atoms in total. The fourth-order valence-corrected chi connectivity index (χ4v) is 9.40. The van der Waals surface area contributed by atoms with Crippen LogP contribution in [0.1, 0.15) is 105 Å². The first kappa shape index (κ1) is 38.9. The molecule has 0 bridgehead atoms. The Bertz CT molecular complexity index is 3180. The van der Waals surface area contributed by atoms with Crippen molar-refractivity contribution in [2.45, 2.75) is 105 Å². The standard InChI is InChI=1S/C55H56N6/c1-52(2,3)33-29-39-37-23-15-19-27-45(37)60(47(39)41(31-33)54(7,8)9)50-56-49(59-43-25-17-13-21-35(43)36-22-14-18-26-44(36)59)57-51(58-50)61-46-28-20-16-24-38(46)40-30-34(53(4,5)6)32-42(48(40)61)55(10,11)12/h13-32H,1-12H3. The summed E-state index contributed by atoms with van der Waals surface area (Å²) in [5, 5.41) is 7.08. The molecule has 4 aromatic heterocycles. The van der Waals surface area contributed by atoms with E-state index in [2.05, 4.69) is 218 Å². The van der Waals surface area contributed by atoms with Gasteiger partial charge in [-0.15, -0.1) is 0 Å². The van der Waals surface area contributed by atoms with Crippen LogP contribution in [0.3, 0.4) is 0 Å². The highest BCUT2D eigenvalue weighted by Gasteiger charge is 2.31. The monoisotopic (exact) mass is 800 g/mol. The highest BCUT2D eigenvalue weighted by atomic mass is 15.3. The number of aromatic nitrogens is 6. The molecular formula is C55H56N6. The average molecular weight is 801 g/mol. The second-order valence-electron chi connectivity index (χ2n) is 21.2. The third-order valence-corrected chi connectivity index (χ3v) is 12.7. The van der Waals surface area contributed by atoms with Crippen molar-refractivity contribution in [3.8, 4) is 17.8 Å². The molecule has 0 saturated heterocycles. The Morgan fingerprint density at radius 3 is 0.902 bits per heavy atom. The maximum absolute atomic E-state index is 5.67. The first-order valence-electron chi connectivity index (χ1n) is 21.7. The van der Waals surface area contributed by atoms with E-state index in [1.807, 2.05) is 0 Å². The molecule has 0 radical (unpaired) electrons. The van der Waals surface area contributed by atoms with Gasteiger partial charge in [0, 0.05) is 32.3 Å². The lowest BCUT2D eigenvalue weighted by atomic mass is 9.79. The molecule has 0 aliphatic rings. The van der Waals surface area contributed by atoms with Gasteiger partial charge in [-0.05, 0) is 80.3 Å². The average Bonchev–Trinajstić information content (AvgIpc) is 3.84. The zero-order valence-electron chi connectivity index (χ0n) is 37.7. The second-order valence-corrected chi connectivity index (χ2v) is 21.2. The van der Waals surface area contributed by atoms with Gasteiger partial charge in [0.15, 0.2) is 0 Å². The number of benzene rings is 6. The molecule has 6 aromatic carbocycles. The summed E-state index contributed by atoms with van der Waals surface area (Å²) in [6, 6.07) is 44.3. The van der Waals surface area contributed by atoms with Crippen LogP contribution in [0.5, 0.6) is 0 Å². The van der Waals surface area contributed by atoms with Crippen LogP contribution in [0, 0.1) is 0 Å². The van der Waals surface area contributed by atoms with Crippen LogP contribution >= 0.6 is 0 Å². The number of hydrogen-bond acceptors (Lipinski definition) is 3. The SMILES string of the molecule is CC(C)(C)c1cc(C(C)(C)C)c2c(c1)c1ccccc1n2-c1nc(-n2c3ccccc3c3ccccc32)nc(-n2c3ccccc3c3cc(C(C)(C)C)cc(C(C)(C)C)c32)n1. The summed E-state index contributed by atoms with van der Waals surface area (Å²) >= 11 is 0. The molecule has 10 aromatic rings. The molecule has 6 heteroatoms. The Morgan fingerprint density at radius 2 is 0.590 bits per heavy atom. The van der Waals surface area contributed by atoms with Crippen molar-refractivity contribution >= 4 is 65.4 Å². The maximum atomic E-state index is 5.67. The summed E-state index contributed by atoms with van der Waals surface area (Å²) in [6.07, 6.45) is 0. The van der Waals surface area contributed by atoms with Gasteiger partial charge in [0.25, 0.3) is 0 Å². The summed E-state index contributed by atoms with van der Waals surface area (Å²) in [7, 11) is 0. The molecule has 0 amide bonds. The number of rotatable bonds is 3. The number of fused-ring (bicyclic) bond motifs is 9. The van der Waals surface area contributed by atoms with E-state index in [1.54, 1.807) is 0 Å². The third kappa shape index (κ3) is 6.08. The van der Waals surface area contributed by atoms with E-state index in [1.165, 1.54) is 43.8 Å². The summed E-state index contributed by atoms with van der Waals surface area (Å²) in [6.45, 7) is 27.7. The molecule has 10 rings (SSSR count). The minimum Gasteiger partial charge on any atom is -0.278 e. The van der Waals surface area contributed by atoms with Gasteiger partial charge < -0.3 is 0 Å². The lowest BCUT2D eigenvalue weighted by Gasteiger charge is -2.27. The molecule has 0 aliphatic carbocycles. The van der Waals surface area contributed by atoms with Crippen LogP contribution in [-0.2, 0) is 21.7 Å². The van der Waals surface area contributed by atoms with Crippen molar-refractivity contribution < 1.29 is 0 Å². The highest BCUT2D eigenvalue weighted by molar-refractivity contribution is 6.12. The Kier molecular flexibility index (Phi) is 8.36. The molecule has 0 aliphatic heterocycles. The molecular weight excluding hydrogens is 745 g/mol. The van der Waals surface area contributed by atoms with E-state index in [-0.39, 0.29) is 21.7 Å². The Hall–Kier alpha value is -6.27. The van der Waals surface area contributed by atoms with Gasteiger partial charge in [-0.1, -0.05) is 168 Å². The van der Waals surface area contributed by atoms with Crippen molar-refractivity contribution in [1.29, 1.82) is 0 Å². The number of para-hydroxylation sites is 4. The lowest BCUT2D eigenvalue weighted by molar-refractivity contribution is 0.571. The zero-order valence-corrected chi connectivity index (χ0v) is 37.7. The first-order chi connectivity index (χ1) is 28.8. The minimum absolute atomic E-state index is 0.0460. The van der Waals surface area contributed by atoms with Gasteiger partial charge in [0.1, 0.15) is 0 Å².